The highest BCUT2D eigenvalue weighted by atomic mass is 19.1. The molecular weight excluding hydrogens is 399 g/mol. The van der Waals surface area contributed by atoms with Crippen molar-refractivity contribution in [1.29, 1.82) is 0 Å². The Bertz CT molecular complexity index is 904. The minimum absolute atomic E-state index is 0.0829. The molecule has 0 spiro atoms. The molecule has 0 atom stereocenters. The summed E-state index contributed by atoms with van der Waals surface area (Å²) in [4.78, 5) is 40.7. The van der Waals surface area contributed by atoms with Crippen molar-refractivity contribution in [1.82, 2.24) is 9.80 Å². The van der Waals surface area contributed by atoms with E-state index in [4.69, 9.17) is 4.74 Å². The van der Waals surface area contributed by atoms with Gasteiger partial charge in [-0.2, -0.15) is 0 Å². The molecule has 2 amide bonds. The zero-order valence-electron chi connectivity index (χ0n) is 17.7. The van der Waals surface area contributed by atoms with Crippen LogP contribution in [0.5, 0.6) is 5.75 Å². The largest absolute Gasteiger partial charge is 0.494 e. The first-order chi connectivity index (χ1) is 15.0. The third kappa shape index (κ3) is 6.13. The lowest BCUT2D eigenvalue weighted by molar-refractivity contribution is -0.132. The molecule has 2 aromatic rings. The van der Waals surface area contributed by atoms with Crippen molar-refractivity contribution in [2.75, 3.05) is 32.8 Å². The molecule has 0 unspecified atom stereocenters. The third-order valence-corrected chi connectivity index (χ3v) is 5.23. The molecule has 3 rings (SSSR count). The first kappa shape index (κ1) is 22.5. The van der Waals surface area contributed by atoms with Gasteiger partial charge in [-0.05, 0) is 55.0 Å². The molecule has 164 valence electrons. The Morgan fingerprint density at radius 1 is 0.839 bits per heavy atom. The second-order valence-electron chi connectivity index (χ2n) is 7.48. The van der Waals surface area contributed by atoms with Crippen LogP contribution in [0.3, 0.4) is 0 Å². The van der Waals surface area contributed by atoms with Gasteiger partial charge in [0.05, 0.1) is 6.61 Å². The number of ketones is 1. The molecule has 0 N–H and O–H groups in total. The van der Waals surface area contributed by atoms with Crippen LogP contribution >= 0.6 is 0 Å². The summed E-state index contributed by atoms with van der Waals surface area (Å²) in [7, 11) is 0. The fourth-order valence-electron chi connectivity index (χ4n) is 3.41. The molecule has 0 radical (unpaired) electrons. The van der Waals surface area contributed by atoms with Crippen molar-refractivity contribution in [3.05, 3.63) is 65.5 Å². The van der Waals surface area contributed by atoms with E-state index in [0.29, 0.717) is 43.9 Å². The lowest BCUT2D eigenvalue weighted by atomic mass is 10.1. The first-order valence-corrected chi connectivity index (χ1v) is 10.6. The van der Waals surface area contributed by atoms with Crippen LogP contribution in [0.15, 0.2) is 48.5 Å². The fourth-order valence-corrected chi connectivity index (χ4v) is 3.41. The Balaban J connectivity index is 1.44. The van der Waals surface area contributed by atoms with Gasteiger partial charge < -0.3 is 14.5 Å². The second kappa shape index (κ2) is 10.7. The molecule has 1 fully saturated rings. The number of halogens is 1. The van der Waals surface area contributed by atoms with Crippen LogP contribution in [0.1, 0.15) is 46.9 Å². The van der Waals surface area contributed by atoms with Gasteiger partial charge in [0.2, 0.25) is 5.91 Å². The highest BCUT2D eigenvalue weighted by Gasteiger charge is 2.25. The number of Topliss-reactive ketones (excluding diaryl/α,β-unsaturated/α-hetero) is 1. The smallest absolute Gasteiger partial charge is 0.253 e. The molecule has 0 aliphatic carbocycles. The summed E-state index contributed by atoms with van der Waals surface area (Å²) in [6, 6.07) is 12.4. The van der Waals surface area contributed by atoms with Gasteiger partial charge in [-0.1, -0.05) is 6.92 Å². The maximum atomic E-state index is 13.0. The van der Waals surface area contributed by atoms with E-state index in [0.717, 1.165) is 12.2 Å². The number of nitrogens with zero attached hydrogens (tertiary/aromatic N) is 2. The summed E-state index contributed by atoms with van der Waals surface area (Å²) in [6.07, 6.45) is 1.19. The number of carbonyl (C=O) groups is 3. The van der Waals surface area contributed by atoms with Crippen molar-refractivity contribution >= 4 is 17.6 Å². The van der Waals surface area contributed by atoms with Crippen molar-refractivity contribution in [2.24, 2.45) is 0 Å². The summed E-state index contributed by atoms with van der Waals surface area (Å²) in [6.45, 7) is 4.32. The molecule has 6 nitrogen and oxygen atoms in total. The van der Waals surface area contributed by atoms with Crippen LogP contribution in [0.2, 0.25) is 0 Å². The summed E-state index contributed by atoms with van der Waals surface area (Å²) >= 11 is 0. The molecule has 0 aromatic heterocycles. The lowest BCUT2D eigenvalue weighted by Gasteiger charge is -2.35. The SMILES string of the molecule is CCCOc1ccc(C(=O)CCC(=O)N2CCN(C(=O)c3ccc(F)cc3)CC2)cc1. The molecule has 1 saturated heterocycles. The predicted octanol–water partition coefficient (Wildman–Crippen LogP) is 3.56. The minimum atomic E-state index is -0.387. The zero-order chi connectivity index (χ0) is 22.2. The average molecular weight is 426 g/mol. The lowest BCUT2D eigenvalue weighted by Crippen LogP contribution is -2.50. The van der Waals surface area contributed by atoms with E-state index in [1.807, 2.05) is 6.92 Å². The van der Waals surface area contributed by atoms with Crippen LogP contribution in [0.4, 0.5) is 4.39 Å². The Morgan fingerprint density at radius 2 is 1.42 bits per heavy atom. The van der Waals surface area contributed by atoms with E-state index >= 15 is 0 Å². The molecule has 0 saturated carbocycles. The monoisotopic (exact) mass is 426 g/mol. The van der Waals surface area contributed by atoms with Crippen molar-refractivity contribution < 1.29 is 23.5 Å². The standard InChI is InChI=1S/C24H27FN2O4/c1-2-17-31-21-9-5-18(6-10-21)22(28)11-12-23(29)26-13-15-27(16-14-26)24(30)19-3-7-20(25)8-4-19/h3-10H,2,11-17H2,1H3. The van der Waals surface area contributed by atoms with Crippen molar-refractivity contribution in [2.45, 2.75) is 26.2 Å². The number of hydrogen-bond acceptors (Lipinski definition) is 4. The van der Waals surface area contributed by atoms with Crippen LogP contribution in [0, 0.1) is 5.82 Å². The number of carbonyl (C=O) groups excluding carboxylic acids is 3. The number of rotatable bonds is 8. The van der Waals surface area contributed by atoms with E-state index in [1.54, 1.807) is 34.1 Å². The highest BCUT2D eigenvalue weighted by Crippen LogP contribution is 2.16. The van der Waals surface area contributed by atoms with Crippen LogP contribution in [-0.2, 0) is 4.79 Å². The quantitative estimate of drug-likeness (QED) is 0.606. The van der Waals surface area contributed by atoms with Crippen molar-refractivity contribution in [3.63, 3.8) is 0 Å². The Morgan fingerprint density at radius 3 is 2.03 bits per heavy atom. The minimum Gasteiger partial charge on any atom is -0.494 e. The maximum Gasteiger partial charge on any atom is 0.253 e. The van der Waals surface area contributed by atoms with Gasteiger partial charge in [0.1, 0.15) is 11.6 Å². The predicted molar refractivity (Wildman–Crippen MR) is 115 cm³/mol. The van der Waals surface area contributed by atoms with E-state index in [9.17, 15) is 18.8 Å². The van der Waals surface area contributed by atoms with Gasteiger partial charge in [0.15, 0.2) is 5.78 Å². The van der Waals surface area contributed by atoms with Gasteiger partial charge in [-0.25, -0.2) is 4.39 Å². The Hall–Kier alpha value is -3.22. The van der Waals surface area contributed by atoms with Gasteiger partial charge in [-0.3, -0.25) is 14.4 Å². The summed E-state index contributed by atoms with van der Waals surface area (Å²) in [5, 5.41) is 0. The Labute approximate surface area is 181 Å². The molecule has 31 heavy (non-hydrogen) atoms. The maximum absolute atomic E-state index is 13.0. The normalized spacial score (nSPS) is 13.7. The zero-order valence-corrected chi connectivity index (χ0v) is 17.7. The number of benzene rings is 2. The molecule has 2 aromatic carbocycles. The van der Waals surface area contributed by atoms with Gasteiger partial charge >= 0.3 is 0 Å². The Kier molecular flexibility index (Phi) is 7.76. The number of hydrogen-bond donors (Lipinski definition) is 0. The molecule has 1 heterocycles. The molecule has 1 aliphatic rings. The van der Waals surface area contributed by atoms with Gasteiger partial charge in [-0.15, -0.1) is 0 Å². The van der Waals surface area contributed by atoms with Gasteiger partial charge in [0.25, 0.3) is 5.91 Å². The first-order valence-electron chi connectivity index (χ1n) is 10.6. The van der Waals surface area contributed by atoms with Crippen LogP contribution in [-0.4, -0.2) is 60.2 Å². The number of amides is 2. The summed E-state index contributed by atoms with van der Waals surface area (Å²) in [5.74, 6) is -0.0101. The number of piperazine rings is 1. The molecular formula is C24H27FN2O4. The van der Waals surface area contributed by atoms with E-state index < -0.39 is 0 Å². The third-order valence-electron chi connectivity index (χ3n) is 5.23. The van der Waals surface area contributed by atoms with E-state index in [2.05, 4.69) is 0 Å². The van der Waals surface area contributed by atoms with Crippen LogP contribution < -0.4 is 4.74 Å². The van der Waals surface area contributed by atoms with Crippen LogP contribution in [0.25, 0.3) is 0 Å². The number of ether oxygens (including phenoxy) is 1. The summed E-state index contributed by atoms with van der Waals surface area (Å²) in [5.41, 5.74) is 0.990. The topological polar surface area (TPSA) is 66.9 Å². The highest BCUT2D eigenvalue weighted by molar-refractivity contribution is 5.98. The average Bonchev–Trinajstić information content (AvgIpc) is 2.81. The van der Waals surface area contributed by atoms with E-state index in [1.165, 1.54) is 24.3 Å². The van der Waals surface area contributed by atoms with Crippen molar-refractivity contribution in [3.8, 4) is 5.75 Å². The summed E-state index contributed by atoms with van der Waals surface area (Å²) < 4.78 is 18.5. The molecule has 1 aliphatic heterocycles. The molecule has 0 bridgehead atoms. The second-order valence-corrected chi connectivity index (χ2v) is 7.48. The van der Waals surface area contributed by atoms with E-state index in [-0.39, 0.29) is 36.3 Å². The molecule has 7 heteroatoms. The fraction of sp³-hybridized carbons (Fsp3) is 0.375. The van der Waals surface area contributed by atoms with Gasteiger partial charge in [0, 0.05) is 50.1 Å².